The summed E-state index contributed by atoms with van der Waals surface area (Å²) in [5, 5.41) is 11.5. The minimum absolute atomic E-state index is 0.601. The van der Waals surface area contributed by atoms with Gasteiger partial charge < -0.3 is 9.84 Å². The first-order chi connectivity index (χ1) is 8.95. The molecule has 0 heterocycles. The maximum absolute atomic E-state index is 10.9. The van der Waals surface area contributed by atoms with Crippen LogP contribution in [0, 0.1) is 6.92 Å². The van der Waals surface area contributed by atoms with Crippen LogP contribution in [0.15, 0.2) is 42.5 Å². The van der Waals surface area contributed by atoms with Gasteiger partial charge in [0.25, 0.3) is 0 Å². The van der Waals surface area contributed by atoms with Gasteiger partial charge in [0, 0.05) is 10.6 Å². The van der Waals surface area contributed by atoms with E-state index in [2.05, 4.69) is 0 Å². The summed E-state index contributed by atoms with van der Waals surface area (Å²) in [6.07, 6.45) is 0. The van der Waals surface area contributed by atoms with Crippen molar-refractivity contribution >= 4 is 11.6 Å². The highest BCUT2D eigenvalue weighted by molar-refractivity contribution is 6.30. The van der Waals surface area contributed by atoms with Gasteiger partial charge in [-0.05, 0) is 43.7 Å². The number of hydrogen-bond donors (Lipinski definition) is 1. The van der Waals surface area contributed by atoms with E-state index in [4.69, 9.17) is 16.3 Å². The number of hydrogen-bond acceptors (Lipinski definition) is 2. The molecule has 0 aliphatic carbocycles. The van der Waals surface area contributed by atoms with E-state index in [0.717, 1.165) is 16.7 Å². The second kappa shape index (κ2) is 5.24. The summed E-state index contributed by atoms with van der Waals surface area (Å²) in [5.74, 6) is 0.663. The molecule has 2 rings (SSSR count). The fraction of sp³-hybridized carbons (Fsp3) is 0.250. The van der Waals surface area contributed by atoms with Crippen LogP contribution in [0.5, 0.6) is 5.75 Å². The first kappa shape index (κ1) is 13.9. The molecule has 1 N–H and O–H groups in total. The lowest BCUT2D eigenvalue weighted by atomic mass is 9.87. The number of methoxy groups -OCH3 is 1. The SMILES string of the molecule is COc1ccc(C)cc1C(C)(O)c1cccc(Cl)c1. The minimum Gasteiger partial charge on any atom is -0.496 e. The molecule has 0 bridgehead atoms. The summed E-state index contributed by atoms with van der Waals surface area (Å²) in [6.45, 7) is 3.73. The Morgan fingerprint density at radius 1 is 1.16 bits per heavy atom. The van der Waals surface area contributed by atoms with Gasteiger partial charge in [-0.25, -0.2) is 0 Å². The molecule has 0 aromatic heterocycles. The van der Waals surface area contributed by atoms with Crippen LogP contribution in [0.25, 0.3) is 0 Å². The second-order valence-electron chi connectivity index (χ2n) is 4.79. The maximum atomic E-state index is 10.9. The zero-order valence-electron chi connectivity index (χ0n) is 11.3. The van der Waals surface area contributed by atoms with Gasteiger partial charge in [0.05, 0.1) is 7.11 Å². The predicted octanol–water partition coefficient (Wildman–Crippen LogP) is 3.91. The smallest absolute Gasteiger partial charge is 0.125 e. The lowest BCUT2D eigenvalue weighted by Gasteiger charge is -2.27. The fourth-order valence-electron chi connectivity index (χ4n) is 2.15. The topological polar surface area (TPSA) is 29.5 Å². The van der Waals surface area contributed by atoms with Crippen molar-refractivity contribution in [3.8, 4) is 5.75 Å². The van der Waals surface area contributed by atoms with Gasteiger partial charge in [0.2, 0.25) is 0 Å². The number of halogens is 1. The number of aryl methyl sites for hydroxylation is 1. The van der Waals surface area contributed by atoms with Crippen LogP contribution in [-0.4, -0.2) is 12.2 Å². The number of rotatable bonds is 3. The molecule has 0 aliphatic rings. The Hall–Kier alpha value is -1.51. The van der Waals surface area contributed by atoms with E-state index in [9.17, 15) is 5.11 Å². The average Bonchev–Trinajstić information content (AvgIpc) is 2.38. The van der Waals surface area contributed by atoms with E-state index >= 15 is 0 Å². The van der Waals surface area contributed by atoms with Gasteiger partial charge in [0.1, 0.15) is 11.4 Å². The van der Waals surface area contributed by atoms with E-state index in [0.29, 0.717) is 10.8 Å². The normalized spacial score (nSPS) is 13.9. The Balaban J connectivity index is 2.58. The van der Waals surface area contributed by atoms with Gasteiger partial charge >= 0.3 is 0 Å². The molecule has 0 saturated carbocycles. The van der Waals surface area contributed by atoms with Crippen molar-refractivity contribution in [3.63, 3.8) is 0 Å². The Labute approximate surface area is 118 Å². The second-order valence-corrected chi connectivity index (χ2v) is 5.22. The zero-order chi connectivity index (χ0) is 14.0. The molecule has 0 amide bonds. The van der Waals surface area contributed by atoms with E-state index in [1.807, 2.05) is 37.3 Å². The molecule has 0 radical (unpaired) electrons. The monoisotopic (exact) mass is 276 g/mol. The molecule has 2 aromatic carbocycles. The Morgan fingerprint density at radius 2 is 1.89 bits per heavy atom. The van der Waals surface area contributed by atoms with Crippen LogP contribution in [0.4, 0.5) is 0 Å². The van der Waals surface area contributed by atoms with Crippen LogP contribution >= 0.6 is 11.6 Å². The summed E-state index contributed by atoms with van der Waals surface area (Å²) in [6, 6.07) is 13.0. The highest BCUT2D eigenvalue weighted by atomic mass is 35.5. The van der Waals surface area contributed by atoms with Crippen molar-refractivity contribution < 1.29 is 9.84 Å². The van der Waals surface area contributed by atoms with Crippen LogP contribution in [0.3, 0.4) is 0 Å². The molecular formula is C16H17ClO2. The zero-order valence-corrected chi connectivity index (χ0v) is 12.0. The van der Waals surface area contributed by atoms with Crippen molar-refractivity contribution in [2.75, 3.05) is 7.11 Å². The summed E-state index contributed by atoms with van der Waals surface area (Å²) in [7, 11) is 1.60. The lowest BCUT2D eigenvalue weighted by Crippen LogP contribution is -2.23. The van der Waals surface area contributed by atoms with Crippen molar-refractivity contribution in [2.45, 2.75) is 19.4 Å². The molecule has 19 heavy (non-hydrogen) atoms. The third-order valence-corrected chi connectivity index (χ3v) is 3.50. The fourth-order valence-corrected chi connectivity index (χ4v) is 2.34. The number of ether oxygens (including phenoxy) is 1. The standard InChI is InChI=1S/C16H17ClO2/c1-11-7-8-15(19-3)14(9-11)16(2,18)12-5-4-6-13(17)10-12/h4-10,18H,1-3H3. The Morgan fingerprint density at radius 3 is 2.53 bits per heavy atom. The molecule has 3 heteroatoms. The van der Waals surface area contributed by atoms with Gasteiger partial charge in [-0.1, -0.05) is 35.4 Å². The largest absolute Gasteiger partial charge is 0.496 e. The molecule has 0 saturated heterocycles. The van der Waals surface area contributed by atoms with Crippen LogP contribution in [-0.2, 0) is 5.60 Å². The maximum Gasteiger partial charge on any atom is 0.125 e. The van der Waals surface area contributed by atoms with Crippen molar-refractivity contribution in [1.29, 1.82) is 0 Å². The molecular weight excluding hydrogens is 260 g/mol. The van der Waals surface area contributed by atoms with Crippen LogP contribution in [0.1, 0.15) is 23.6 Å². The summed E-state index contributed by atoms with van der Waals surface area (Å²) in [5.41, 5.74) is 1.39. The highest BCUT2D eigenvalue weighted by Gasteiger charge is 2.29. The van der Waals surface area contributed by atoms with Crippen molar-refractivity contribution in [2.24, 2.45) is 0 Å². The van der Waals surface area contributed by atoms with Crippen LogP contribution in [0.2, 0.25) is 5.02 Å². The van der Waals surface area contributed by atoms with Gasteiger partial charge in [-0.2, -0.15) is 0 Å². The molecule has 0 aliphatic heterocycles. The van der Waals surface area contributed by atoms with E-state index in [1.54, 1.807) is 26.2 Å². The third-order valence-electron chi connectivity index (χ3n) is 3.27. The van der Waals surface area contributed by atoms with E-state index in [-0.39, 0.29) is 0 Å². The minimum atomic E-state index is -1.15. The molecule has 0 fully saturated rings. The molecule has 2 aromatic rings. The van der Waals surface area contributed by atoms with Crippen molar-refractivity contribution in [3.05, 3.63) is 64.2 Å². The first-order valence-corrected chi connectivity index (χ1v) is 6.46. The van der Waals surface area contributed by atoms with Crippen LogP contribution < -0.4 is 4.74 Å². The Kier molecular flexibility index (Phi) is 3.83. The summed E-state index contributed by atoms with van der Waals surface area (Å²) in [4.78, 5) is 0. The molecule has 0 spiro atoms. The summed E-state index contributed by atoms with van der Waals surface area (Å²) < 4.78 is 5.35. The lowest BCUT2D eigenvalue weighted by molar-refractivity contribution is 0.0989. The first-order valence-electron chi connectivity index (χ1n) is 6.08. The van der Waals surface area contributed by atoms with Gasteiger partial charge in [-0.15, -0.1) is 0 Å². The average molecular weight is 277 g/mol. The van der Waals surface area contributed by atoms with E-state index < -0.39 is 5.60 Å². The molecule has 1 unspecified atom stereocenters. The Bertz CT molecular complexity index is 591. The summed E-state index contributed by atoms with van der Waals surface area (Å²) >= 11 is 6.00. The molecule has 100 valence electrons. The third kappa shape index (κ3) is 2.75. The predicted molar refractivity (Wildman–Crippen MR) is 77.9 cm³/mol. The number of aliphatic hydroxyl groups is 1. The van der Waals surface area contributed by atoms with Gasteiger partial charge in [-0.3, -0.25) is 0 Å². The van der Waals surface area contributed by atoms with Crippen molar-refractivity contribution in [1.82, 2.24) is 0 Å². The molecule has 1 atom stereocenters. The molecule has 2 nitrogen and oxygen atoms in total. The quantitative estimate of drug-likeness (QED) is 0.921. The van der Waals surface area contributed by atoms with Gasteiger partial charge in [0.15, 0.2) is 0 Å². The number of benzene rings is 2. The van der Waals surface area contributed by atoms with E-state index in [1.165, 1.54) is 0 Å². The highest BCUT2D eigenvalue weighted by Crippen LogP contribution is 2.36.